The van der Waals surface area contributed by atoms with Crippen molar-refractivity contribution in [1.29, 1.82) is 0 Å². The van der Waals surface area contributed by atoms with E-state index in [-0.39, 0.29) is 5.91 Å². The summed E-state index contributed by atoms with van der Waals surface area (Å²) in [5, 5.41) is 5.18. The number of amides is 1. The number of nitrogens with one attached hydrogen (secondary N) is 2. The van der Waals surface area contributed by atoms with Gasteiger partial charge in [0.25, 0.3) is 5.91 Å². The average molecular weight is 361 g/mol. The third-order valence-electron chi connectivity index (χ3n) is 4.31. The summed E-state index contributed by atoms with van der Waals surface area (Å²) in [5.41, 5.74) is 2.48. The van der Waals surface area contributed by atoms with Gasteiger partial charge in [0.1, 0.15) is 5.69 Å². The van der Waals surface area contributed by atoms with E-state index >= 15 is 0 Å². The smallest absolute Gasteiger partial charge is 0.273 e. The van der Waals surface area contributed by atoms with Gasteiger partial charge in [-0.3, -0.25) is 15.0 Å². The molecular weight excluding hydrogens is 344 g/mol. The van der Waals surface area contributed by atoms with Gasteiger partial charge in [0, 0.05) is 40.3 Å². The highest BCUT2D eigenvalue weighted by Gasteiger charge is 2.21. The molecule has 7 heteroatoms. The summed E-state index contributed by atoms with van der Waals surface area (Å²) >= 11 is 7.55. The number of hydrogen-bond donors (Lipinski definition) is 2. The molecule has 1 aliphatic heterocycles. The molecular formula is C17H17ClN4OS. The van der Waals surface area contributed by atoms with Gasteiger partial charge in [-0.25, -0.2) is 4.98 Å². The van der Waals surface area contributed by atoms with Gasteiger partial charge >= 0.3 is 0 Å². The summed E-state index contributed by atoms with van der Waals surface area (Å²) in [5.74, 6) is -0.180. The molecule has 0 unspecified atom stereocenters. The van der Waals surface area contributed by atoms with E-state index in [0.717, 1.165) is 42.7 Å². The summed E-state index contributed by atoms with van der Waals surface area (Å²) in [4.78, 5) is 23.8. The maximum atomic E-state index is 12.5. The van der Waals surface area contributed by atoms with Crippen molar-refractivity contribution < 1.29 is 4.79 Å². The van der Waals surface area contributed by atoms with Crippen LogP contribution in [0.5, 0.6) is 0 Å². The Morgan fingerprint density at radius 1 is 1.46 bits per heavy atom. The number of carbonyl (C=O) groups is 1. The number of rotatable bonds is 3. The van der Waals surface area contributed by atoms with E-state index in [2.05, 4.69) is 27.1 Å². The second-order valence-electron chi connectivity index (χ2n) is 5.88. The molecule has 0 aliphatic carbocycles. The molecule has 1 aliphatic rings. The molecule has 124 valence electrons. The summed E-state index contributed by atoms with van der Waals surface area (Å²) in [6, 6.07) is 7.35. The minimum Gasteiger partial charge on any atom is -0.350 e. The number of benzene rings is 1. The molecule has 2 aromatic heterocycles. The van der Waals surface area contributed by atoms with Gasteiger partial charge in [0.2, 0.25) is 0 Å². The highest BCUT2D eigenvalue weighted by Crippen LogP contribution is 2.28. The van der Waals surface area contributed by atoms with Crippen LogP contribution in [0.1, 0.15) is 28.0 Å². The first-order valence-electron chi connectivity index (χ1n) is 7.93. The third-order valence-corrected chi connectivity index (χ3v) is 5.54. The van der Waals surface area contributed by atoms with Gasteiger partial charge in [-0.1, -0.05) is 24.6 Å². The summed E-state index contributed by atoms with van der Waals surface area (Å²) in [6.07, 6.45) is 0.945. The zero-order valence-electron chi connectivity index (χ0n) is 13.2. The number of carbonyl (C=O) groups excluding carboxylic acids is 1. The number of hydrogen-bond acceptors (Lipinski definition) is 4. The Balaban J connectivity index is 1.54. The summed E-state index contributed by atoms with van der Waals surface area (Å²) in [7, 11) is 0. The molecule has 2 N–H and O–H groups in total. The highest BCUT2D eigenvalue weighted by atomic mass is 35.5. The minimum atomic E-state index is -0.180. The van der Waals surface area contributed by atoms with Crippen molar-refractivity contribution in [2.75, 3.05) is 18.4 Å². The predicted molar refractivity (Wildman–Crippen MR) is 98.0 cm³/mol. The molecule has 4 rings (SSSR count). The maximum Gasteiger partial charge on any atom is 0.273 e. The monoisotopic (exact) mass is 360 g/mol. The van der Waals surface area contributed by atoms with Crippen molar-refractivity contribution >= 4 is 44.9 Å². The normalized spacial score (nSPS) is 14.8. The summed E-state index contributed by atoms with van der Waals surface area (Å²) in [6.45, 7) is 5.15. The molecule has 0 radical (unpaired) electrons. The predicted octanol–water partition coefficient (Wildman–Crippen LogP) is 3.91. The molecule has 1 amide bonds. The van der Waals surface area contributed by atoms with Crippen molar-refractivity contribution in [3.8, 4) is 0 Å². The number of halogens is 1. The van der Waals surface area contributed by atoms with Crippen LogP contribution in [0.3, 0.4) is 0 Å². The number of aromatic nitrogens is 2. The van der Waals surface area contributed by atoms with Crippen LogP contribution in [0.2, 0.25) is 5.02 Å². The van der Waals surface area contributed by atoms with Crippen LogP contribution in [-0.4, -0.2) is 33.9 Å². The zero-order valence-corrected chi connectivity index (χ0v) is 14.8. The van der Waals surface area contributed by atoms with Crippen LogP contribution in [0.15, 0.2) is 24.3 Å². The molecule has 0 saturated carbocycles. The van der Waals surface area contributed by atoms with Crippen LogP contribution in [-0.2, 0) is 13.0 Å². The van der Waals surface area contributed by atoms with E-state index in [9.17, 15) is 4.79 Å². The molecule has 0 saturated heterocycles. The molecule has 0 atom stereocenters. The molecule has 24 heavy (non-hydrogen) atoms. The Bertz CT molecular complexity index is 917. The van der Waals surface area contributed by atoms with Crippen LogP contribution >= 0.6 is 22.9 Å². The lowest BCUT2D eigenvalue weighted by Crippen LogP contribution is -2.29. The van der Waals surface area contributed by atoms with Gasteiger partial charge in [-0.05, 0) is 24.7 Å². The van der Waals surface area contributed by atoms with Crippen molar-refractivity contribution in [3.05, 3.63) is 45.6 Å². The second kappa shape index (κ2) is 6.20. The van der Waals surface area contributed by atoms with Crippen LogP contribution in [0, 0.1) is 0 Å². The Kier molecular flexibility index (Phi) is 4.04. The molecule has 3 aromatic rings. The van der Waals surface area contributed by atoms with E-state index in [1.165, 1.54) is 4.88 Å². The number of nitrogens with zero attached hydrogens (tertiary/aromatic N) is 2. The van der Waals surface area contributed by atoms with E-state index in [1.54, 1.807) is 11.3 Å². The van der Waals surface area contributed by atoms with Crippen molar-refractivity contribution in [3.63, 3.8) is 0 Å². The molecule has 0 spiro atoms. The minimum absolute atomic E-state index is 0.180. The second-order valence-corrected chi connectivity index (χ2v) is 7.40. The average Bonchev–Trinajstić information content (AvgIpc) is 3.16. The first-order valence-corrected chi connectivity index (χ1v) is 9.12. The van der Waals surface area contributed by atoms with Gasteiger partial charge in [0.05, 0.1) is 5.69 Å². The topological polar surface area (TPSA) is 61.0 Å². The van der Waals surface area contributed by atoms with Gasteiger partial charge in [0.15, 0.2) is 5.13 Å². The van der Waals surface area contributed by atoms with E-state index in [1.807, 2.05) is 24.3 Å². The van der Waals surface area contributed by atoms with Crippen LogP contribution in [0.4, 0.5) is 5.13 Å². The molecule has 5 nitrogen and oxygen atoms in total. The standard InChI is InChI=1S/C17H17ClN4OS/c1-2-22-6-5-12-15(9-22)24-17(20-12)21-16(23)14-7-10-3-4-11(18)8-13(10)19-14/h3-4,7-8,19H,2,5-6,9H2,1H3,(H,20,21,23). The third kappa shape index (κ3) is 2.92. The fourth-order valence-corrected chi connectivity index (χ4v) is 4.18. The Morgan fingerprint density at radius 3 is 3.17 bits per heavy atom. The molecule has 1 aromatic carbocycles. The van der Waals surface area contributed by atoms with E-state index in [4.69, 9.17) is 11.6 Å². The maximum absolute atomic E-state index is 12.5. The number of thiazole rings is 1. The lowest BCUT2D eigenvalue weighted by Gasteiger charge is -2.23. The highest BCUT2D eigenvalue weighted by molar-refractivity contribution is 7.15. The number of likely N-dealkylation sites (N-methyl/N-ethyl adjacent to an activating group) is 1. The van der Waals surface area contributed by atoms with Gasteiger partial charge < -0.3 is 4.98 Å². The Hall–Kier alpha value is -1.89. The van der Waals surface area contributed by atoms with Crippen molar-refractivity contribution in [2.45, 2.75) is 19.9 Å². The van der Waals surface area contributed by atoms with Crippen LogP contribution < -0.4 is 5.32 Å². The number of anilines is 1. The number of fused-ring (bicyclic) bond motifs is 2. The van der Waals surface area contributed by atoms with E-state index < -0.39 is 0 Å². The Labute approximate surface area is 148 Å². The fourth-order valence-electron chi connectivity index (χ4n) is 2.96. The first kappa shape index (κ1) is 15.6. The first-order chi connectivity index (χ1) is 11.6. The van der Waals surface area contributed by atoms with Crippen LogP contribution in [0.25, 0.3) is 10.9 Å². The van der Waals surface area contributed by atoms with Crippen molar-refractivity contribution in [2.24, 2.45) is 0 Å². The van der Waals surface area contributed by atoms with Gasteiger partial charge in [-0.2, -0.15) is 0 Å². The molecule has 0 bridgehead atoms. The summed E-state index contributed by atoms with van der Waals surface area (Å²) < 4.78 is 0. The lowest BCUT2D eigenvalue weighted by molar-refractivity contribution is 0.102. The SMILES string of the molecule is CCN1CCc2nc(NC(=O)c3cc4ccc(Cl)cc4[nH]3)sc2C1. The number of aromatic amines is 1. The Morgan fingerprint density at radius 2 is 2.33 bits per heavy atom. The quantitative estimate of drug-likeness (QED) is 0.744. The fraction of sp³-hybridized carbons (Fsp3) is 0.294. The zero-order chi connectivity index (χ0) is 16.7. The van der Waals surface area contributed by atoms with Gasteiger partial charge in [-0.15, -0.1) is 11.3 Å². The number of H-pyrrole nitrogens is 1. The largest absolute Gasteiger partial charge is 0.350 e. The lowest BCUT2D eigenvalue weighted by atomic mass is 10.2. The van der Waals surface area contributed by atoms with Crippen molar-refractivity contribution in [1.82, 2.24) is 14.9 Å². The molecule has 3 heterocycles. The van der Waals surface area contributed by atoms with E-state index in [0.29, 0.717) is 15.8 Å². The molecule has 0 fully saturated rings.